The number of amides is 1. The number of esters is 1. The Labute approximate surface area is 231 Å². The number of nitrogens with two attached hydrogens (primary N) is 2. The molecule has 1 saturated heterocycles. The molecule has 1 unspecified atom stereocenters. The molecule has 1 atom stereocenters. The molecule has 0 spiro atoms. The SMILES string of the molecule is CC(OC(=O)CN)C(=O)N1CCC(CCn2c(Sc3cc4c(cc3Br)OCO4)nc3c(N)ncnc32)CC1. The monoisotopic (exact) mass is 605 g/mol. The van der Waals surface area contributed by atoms with Crippen LogP contribution in [0.15, 0.2) is 33.0 Å². The fourth-order valence-corrected chi connectivity index (χ4v) is 6.10. The van der Waals surface area contributed by atoms with Crippen LogP contribution in [0.5, 0.6) is 11.5 Å². The van der Waals surface area contributed by atoms with E-state index in [2.05, 4.69) is 30.5 Å². The summed E-state index contributed by atoms with van der Waals surface area (Å²) in [6.07, 6.45) is 3.20. The summed E-state index contributed by atoms with van der Waals surface area (Å²) in [5.41, 5.74) is 12.6. The molecule has 12 nitrogen and oxygen atoms in total. The van der Waals surface area contributed by atoms with E-state index >= 15 is 0 Å². The van der Waals surface area contributed by atoms with Gasteiger partial charge in [0.25, 0.3) is 5.91 Å². The van der Waals surface area contributed by atoms with Crippen LogP contribution < -0.4 is 20.9 Å². The molecule has 1 aromatic carbocycles. The van der Waals surface area contributed by atoms with E-state index in [4.69, 9.17) is 30.7 Å². The zero-order valence-electron chi connectivity index (χ0n) is 20.8. The van der Waals surface area contributed by atoms with Gasteiger partial charge in [0.2, 0.25) is 6.79 Å². The lowest BCUT2D eigenvalue weighted by Gasteiger charge is -2.33. The third-order valence-corrected chi connectivity index (χ3v) is 8.63. The van der Waals surface area contributed by atoms with Crippen LogP contribution in [0.25, 0.3) is 11.2 Å². The maximum absolute atomic E-state index is 12.6. The topological polar surface area (TPSA) is 161 Å². The summed E-state index contributed by atoms with van der Waals surface area (Å²) in [7, 11) is 0. The number of imidazole rings is 1. The number of benzene rings is 1. The Bertz CT molecular complexity index is 1360. The molecular weight excluding hydrogens is 578 g/mol. The molecule has 5 rings (SSSR count). The normalized spacial score (nSPS) is 16.1. The number of fused-ring (bicyclic) bond motifs is 2. The lowest BCUT2D eigenvalue weighted by Crippen LogP contribution is -2.44. The van der Waals surface area contributed by atoms with Crippen LogP contribution in [0.3, 0.4) is 0 Å². The number of likely N-dealkylation sites (tertiary alicyclic amines) is 1. The molecule has 0 aliphatic carbocycles. The number of carbonyl (C=O) groups is 2. The van der Waals surface area contributed by atoms with Gasteiger partial charge in [0, 0.05) is 29.0 Å². The Morgan fingerprint density at radius 3 is 2.71 bits per heavy atom. The Morgan fingerprint density at radius 1 is 1.24 bits per heavy atom. The van der Waals surface area contributed by atoms with Crippen molar-refractivity contribution in [2.75, 3.05) is 32.2 Å². The van der Waals surface area contributed by atoms with E-state index in [0.29, 0.717) is 54.0 Å². The van der Waals surface area contributed by atoms with Crippen molar-refractivity contribution in [3.63, 3.8) is 0 Å². The van der Waals surface area contributed by atoms with Crippen molar-refractivity contribution in [1.82, 2.24) is 24.4 Å². The smallest absolute Gasteiger partial charge is 0.320 e. The number of anilines is 1. The predicted octanol–water partition coefficient (Wildman–Crippen LogP) is 2.57. The van der Waals surface area contributed by atoms with E-state index in [1.807, 2.05) is 12.1 Å². The Morgan fingerprint density at radius 2 is 1.97 bits per heavy atom. The molecule has 202 valence electrons. The molecule has 2 aliphatic rings. The second-order valence-corrected chi connectivity index (χ2v) is 11.0. The molecule has 0 bridgehead atoms. The summed E-state index contributed by atoms with van der Waals surface area (Å²) in [4.78, 5) is 40.1. The van der Waals surface area contributed by atoms with Crippen molar-refractivity contribution in [1.29, 1.82) is 0 Å². The summed E-state index contributed by atoms with van der Waals surface area (Å²) >= 11 is 5.11. The third kappa shape index (κ3) is 5.52. The van der Waals surface area contributed by atoms with Crippen LogP contribution in [0.2, 0.25) is 0 Å². The number of nitrogens with zero attached hydrogens (tertiary/aromatic N) is 5. The molecule has 0 radical (unpaired) electrons. The molecule has 2 aliphatic heterocycles. The van der Waals surface area contributed by atoms with Gasteiger partial charge in [0.1, 0.15) is 6.33 Å². The standard InChI is InChI=1S/C24H28BrN7O5S/c1-13(37-19(33)10-26)23(34)31-5-2-14(3-6-31)4-7-32-22-20(21(27)28-11-29-22)30-24(32)38-18-9-17-16(8-15(18)25)35-12-36-17/h8-9,11,13-14H,2-7,10,12,26H2,1H3,(H2,27,28,29). The second kappa shape index (κ2) is 11.3. The van der Waals surface area contributed by atoms with Crippen molar-refractivity contribution in [2.45, 2.75) is 48.9 Å². The number of hydrogen-bond acceptors (Lipinski definition) is 11. The van der Waals surface area contributed by atoms with Crippen molar-refractivity contribution in [3.8, 4) is 11.5 Å². The fraction of sp³-hybridized carbons (Fsp3) is 0.458. The summed E-state index contributed by atoms with van der Waals surface area (Å²) < 4.78 is 19.0. The van der Waals surface area contributed by atoms with Gasteiger partial charge < -0.3 is 35.1 Å². The van der Waals surface area contributed by atoms with Gasteiger partial charge in [0.15, 0.2) is 39.7 Å². The zero-order chi connectivity index (χ0) is 26.8. The number of nitrogen functional groups attached to an aromatic ring is 1. The van der Waals surface area contributed by atoms with Gasteiger partial charge >= 0.3 is 5.97 Å². The van der Waals surface area contributed by atoms with Crippen molar-refractivity contribution in [3.05, 3.63) is 22.9 Å². The summed E-state index contributed by atoms with van der Waals surface area (Å²) in [5.74, 6) is 1.35. The van der Waals surface area contributed by atoms with Crippen LogP contribution in [0.4, 0.5) is 5.82 Å². The maximum Gasteiger partial charge on any atom is 0.320 e. The van der Waals surface area contributed by atoms with Crippen LogP contribution >= 0.6 is 27.7 Å². The summed E-state index contributed by atoms with van der Waals surface area (Å²) in [6.45, 7) is 3.44. The molecule has 1 fully saturated rings. The van der Waals surface area contributed by atoms with E-state index in [0.717, 1.165) is 33.8 Å². The average Bonchev–Trinajstić information content (AvgIpc) is 3.51. The lowest BCUT2D eigenvalue weighted by molar-refractivity contribution is -0.158. The van der Waals surface area contributed by atoms with E-state index in [1.54, 1.807) is 11.8 Å². The first kappa shape index (κ1) is 26.5. The minimum absolute atomic E-state index is 0.189. The third-order valence-electron chi connectivity index (χ3n) is 6.66. The van der Waals surface area contributed by atoms with Gasteiger partial charge in [0.05, 0.1) is 6.54 Å². The second-order valence-electron chi connectivity index (χ2n) is 9.11. The van der Waals surface area contributed by atoms with Crippen molar-refractivity contribution in [2.24, 2.45) is 11.7 Å². The molecule has 3 aromatic rings. The van der Waals surface area contributed by atoms with Crippen LogP contribution in [-0.2, 0) is 20.9 Å². The van der Waals surface area contributed by atoms with Gasteiger partial charge in [-0.15, -0.1) is 0 Å². The zero-order valence-corrected chi connectivity index (χ0v) is 23.2. The number of ether oxygens (including phenoxy) is 3. The predicted molar refractivity (Wildman–Crippen MR) is 143 cm³/mol. The Kier molecular flexibility index (Phi) is 7.91. The van der Waals surface area contributed by atoms with Gasteiger partial charge in [-0.05, 0) is 60.2 Å². The number of halogens is 1. The largest absolute Gasteiger partial charge is 0.454 e. The Balaban J connectivity index is 1.28. The lowest BCUT2D eigenvalue weighted by atomic mass is 9.93. The van der Waals surface area contributed by atoms with Gasteiger partial charge in [-0.25, -0.2) is 15.0 Å². The highest BCUT2D eigenvalue weighted by molar-refractivity contribution is 9.10. The average molecular weight is 607 g/mol. The van der Waals surface area contributed by atoms with E-state index in [1.165, 1.54) is 18.1 Å². The molecule has 38 heavy (non-hydrogen) atoms. The van der Waals surface area contributed by atoms with E-state index in [-0.39, 0.29) is 19.2 Å². The van der Waals surface area contributed by atoms with Crippen molar-refractivity contribution >= 4 is 56.6 Å². The summed E-state index contributed by atoms with van der Waals surface area (Å²) in [5, 5.41) is 0.745. The molecule has 1 amide bonds. The molecule has 4 heterocycles. The molecule has 2 aromatic heterocycles. The molecule has 4 N–H and O–H groups in total. The molecular formula is C24H28BrN7O5S. The fourth-order valence-electron chi connectivity index (χ4n) is 4.60. The minimum Gasteiger partial charge on any atom is -0.454 e. The number of carbonyl (C=O) groups excluding carboxylic acids is 2. The quantitative estimate of drug-likeness (QED) is 0.363. The highest BCUT2D eigenvalue weighted by Gasteiger charge is 2.28. The van der Waals surface area contributed by atoms with E-state index < -0.39 is 12.1 Å². The molecule has 14 heteroatoms. The summed E-state index contributed by atoms with van der Waals surface area (Å²) in [6, 6.07) is 3.81. The number of hydrogen-bond donors (Lipinski definition) is 2. The van der Waals surface area contributed by atoms with Gasteiger partial charge in [-0.1, -0.05) is 11.8 Å². The van der Waals surface area contributed by atoms with Crippen LogP contribution in [-0.4, -0.2) is 68.8 Å². The van der Waals surface area contributed by atoms with Crippen LogP contribution in [0, 0.1) is 5.92 Å². The first-order chi connectivity index (χ1) is 18.3. The maximum atomic E-state index is 12.6. The number of rotatable bonds is 8. The van der Waals surface area contributed by atoms with Crippen LogP contribution in [0.1, 0.15) is 26.2 Å². The highest BCUT2D eigenvalue weighted by Crippen LogP contribution is 2.43. The number of aromatic nitrogens is 4. The highest BCUT2D eigenvalue weighted by atomic mass is 79.9. The van der Waals surface area contributed by atoms with Gasteiger partial charge in [-0.2, -0.15) is 0 Å². The first-order valence-corrected chi connectivity index (χ1v) is 13.9. The minimum atomic E-state index is -0.833. The number of aryl methyl sites for hydroxylation is 1. The Hall–Kier alpha value is -3.10. The number of piperidine rings is 1. The van der Waals surface area contributed by atoms with E-state index in [9.17, 15) is 9.59 Å². The molecule has 0 saturated carbocycles. The first-order valence-electron chi connectivity index (χ1n) is 12.3. The van der Waals surface area contributed by atoms with Gasteiger partial charge in [-0.3, -0.25) is 9.59 Å². The van der Waals surface area contributed by atoms with Crippen molar-refractivity contribution < 1.29 is 23.8 Å².